The van der Waals surface area contributed by atoms with Crippen LogP contribution in [0.2, 0.25) is 0 Å². The average molecular weight is 279 g/mol. The fourth-order valence-electron chi connectivity index (χ4n) is 2.11. The monoisotopic (exact) mass is 279 g/mol. The first kappa shape index (κ1) is 14.9. The van der Waals surface area contributed by atoms with Crippen LogP contribution in [0.15, 0.2) is 24.3 Å². The van der Waals surface area contributed by atoms with Crippen LogP contribution < -0.4 is 4.72 Å². The van der Waals surface area contributed by atoms with Crippen molar-refractivity contribution < 1.29 is 4.55 Å². The topological polar surface area (TPSA) is 35.1 Å². The van der Waals surface area contributed by atoms with Crippen LogP contribution in [0.25, 0.3) is 0 Å². The van der Waals surface area contributed by atoms with E-state index in [1.807, 2.05) is 20.8 Å². The molecule has 1 aromatic carbocycles. The Bertz CT molecular complexity index is 406. The first-order chi connectivity index (χ1) is 8.91. The zero-order valence-electron chi connectivity index (χ0n) is 12.4. The molecule has 0 aliphatic heterocycles. The van der Waals surface area contributed by atoms with E-state index in [4.69, 9.17) is 0 Å². The van der Waals surface area contributed by atoms with E-state index in [-0.39, 0.29) is 10.8 Å². The summed E-state index contributed by atoms with van der Waals surface area (Å²) in [5.41, 5.74) is 2.69. The van der Waals surface area contributed by atoms with E-state index >= 15 is 0 Å². The first-order valence-corrected chi connectivity index (χ1v) is 8.34. The summed E-state index contributed by atoms with van der Waals surface area (Å²) in [6.07, 6.45) is 3.62. The summed E-state index contributed by atoms with van der Waals surface area (Å²) in [5, 5.41) is 0. The lowest BCUT2D eigenvalue weighted by Gasteiger charge is -2.27. The van der Waals surface area contributed by atoms with Crippen LogP contribution in [-0.2, 0) is 11.4 Å². The SMILES string of the molecule is CCC(N[S+]([O-])C(C)(C)C)c1ccc(C2CC2)cc1. The zero-order chi connectivity index (χ0) is 14.0. The molecule has 0 saturated heterocycles. The molecule has 0 amide bonds. The molecule has 1 N–H and O–H groups in total. The van der Waals surface area contributed by atoms with E-state index in [0.717, 1.165) is 12.3 Å². The molecule has 106 valence electrons. The Morgan fingerprint density at radius 3 is 2.26 bits per heavy atom. The third-order valence-corrected chi connectivity index (χ3v) is 5.21. The van der Waals surface area contributed by atoms with Crippen molar-refractivity contribution in [3.63, 3.8) is 0 Å². The molecule has 1 saturated carbocycles. The van der Waals surface area contributed by atoms with Crippen molar-refractivity contribution in [2.24, 2.45) is 0 Å². The van der Waals surface area contributed by atoms with Crippen LogP contribution in [0.4, 0.5) is 0 Å². The van der Waals surface area contributed by atoms with Crippen molar-refractivity contribution in [3.05, 3.63) is 35.4 Å². The minimum atomic E-state index is -1.02. The van der Waals surface area contributed by atoms with E-state index in [2.05, 4.69) is 35.9 Å². The van der Waals surface area contributed by atoms with Crippen LogP contribution in [-0.4, -0.2) is 9.30 Å². The van der Waals surface area contributed by atoms with Gasteiger partial charge < -0.3 is 4.55 Å². The highest BCUT2D eigenvalue weighted by Crippen LogP contribution is 2.40. The Hall–Kier alpha value is -0.510. The summed E-state index contributed by atoms with van der Waals surface area (Å²) in [6.45, 7) is 8.13. The molecule has 0 heterocycles. The van der Waals surface area contributed by atoms with Crippen LogP contribution in [0.1, 0.15) is 70.0 Å². The lowest BCUT2D eigenvalue weighted by atomic mass is 10.0. The predicted octanol–water partition coefficient (Wildman–Crippen LogP) is 4.07. The normalized spacial score (nSPS) is 19.2. The minimum absolute atomic E-state index is 0.174. The van der Waals surface area contributed by atoms with Crippen molar-refractivity contribution >= 4 is 11.4 Å². The minimum Gasteiger partial charge on any atom is -0.598 e. The van der Waals surface area contributed by atoms with Crippen LogP contribution in [0, 0.1) is 0 Å². The van der Waals surface area contributed by atoms with Crippen molar-refractivity contribution in [2.45, 2.75) is 63.7 Å². The molecule has 2 atom stereocenters. The summed E-state index contributed by atoms with van der Waals surface area (Å²) in [5.74, 6) is 0.797. The standard InChI is InChI=1S/C16H25NOS/c1-5-15(17-19(18)16(2,3)4)14-10-8-13(9-11-14)12-6-7-12/h8-12,15,17H,5-7H2,1-4H3. The average Bonchev–Trinajstić information content (AvgIpc) is 3.19. The number of benzene rings is 1. The third kappa shape index (κ3) is 3.98. The largest absolute Gasteiger partial charge is 0.598 e. The van der Waals surface area contributed by atoms with Gasteiger partial charge in [-0.05, 0) is 57.1 Å². The molecule has 2 rings (SSSR count). The van der Waals surface area contributed by atoms with Gasteiger partial charge in [0, 0.05) is 11.4 Å². The van der Waals surface area contributed by atoms with Gasteiger partial charge in [-0.3, -0.25) is 0 Å². The van der Waals surface area contributed by atoms with Gasteiger partial charge in [-0.25, -0.2) is 0 Å². The summed E-state index contributed by atoms with van der Waals surface area (Å²) in [6, 6.07) is 9.02. The van der Waals surface area contributed by atoms with E-state index in [1.165, 1.54) is 24.0 Å². The summed E-state index contributed by atoms with van der Waals surface area (Å²) in [7, 11) is 0. The third-order valence-electron chi connectivity index (χ3n) is 3.60. The molecule has 1 aliphatic carbocycles. The molecular weight excluding hydrogens is 254 g/mol. The van der Waals surface area contributed by atoms with Gasteiger partial charge in [0.05, 0.1) is 6.04 Å². The number of rotatable bonds is 5. The maximum atomic E-state index is 12.2. The molecule has 2 unspecified atom stereocenters. The van der Waals surface area contributed by atoms with E-state index in [9.17, 15) is 4.55 Å². The maximum Gasteiger partial charge on any atom is 0.136 e. The molecule has 1 aromatic rings. The summed E-state index contributed by atoms with van der Waals surface area (Å²) < 4.78 is 15.2. The lowest BCUT2D eigenvalue weighted by molar-refractivity contribution is 0.519. The smallest absolute Gasteiger partial charge is 0.136 e. The van der Waals surface area contributed by atoms with Crippen LogP contribution >= 0.6 is 0 Å². The Morgan fingerprint density at radius 2 is 1.84 bits per heavy atom. The van der Waals surface area contributed by atoms with Gasteiger partial charge in [0.25, 0.3) is 0 Å². The van der Waals surface area contributed by atoms with E-state index in [1.54, 1.807) is 0 Å². The second-order valence-corrected chi connectivity index (χ2v) is 8.40. The predicted molar refractivity (Wildman–Crippen MR) is 82.5 cm³/mol. The van der Waals surface area contributed by atoms with Gasteiger partial charge in [0.1, 0.15) is 4.75 Å². The van der Waals surface area contributed by atoms with Crippen LogP contribution in [0.5, 0.6) is 0 Å². The van der Waals surface area contributed by atoms with Gasteiger partial charge in [-0.2, -0.15) is 0 Å². The summed E-state index contributed by atoms with van der Waals surface area (Å²) in [4.78, 5) is 0. The van der Waals surface area contributed by atoms with Gasteiger partial charge in [0.2, 0.25) is 0 Å². The molecule has 3 heteroatoms. The molecule has 1 aliphatic rings. The molecular formula is C16H25NOS. The Morgan fingerprint density at radius 1 is 1.26 bits per heavy atom. The number of hydrogen-bond donors (Lipinski definition) is 1. The fraction of sp³-hybridized carbons (Fsp3) is 0.625. The van der Waals surface area contributed by atoms with E-state index < -0.39 is 11.4 Å². The van der Waals surface area contributed by atoms with E-state index in [0.29, 0.717) is 0 Å². The molecule has 0 aromatic heterocycles. The van der Waals surface area contributed by atoms with Crippen molar-refractivity contribution in [1.82, 2.24) is 4.72 Å². The van der Waals surface area contributed by atoms with Gasteiger partial charge in [-0.15, -0.1) is 4.72 Å². The fourth-order valence-corrected chi connectivity index (χ4v) is 3.02. The second kappa shape index (κ2) is 5.86. The van der Waals surface area contributed by atoms with Crippen molar-refractivity contribution in [3.8, 4) is 0 Å². The molecule has 2 nitrogen and oxygen atoms in total. The lowest BCUT2D eigenvalue weighted by Crippen LogP contribution is -2.41. The van der Waals surface area contributed by atoms with Crippen molar-refractivity contribution in [2.75, 3.05) is 0 Å². The highest BCUT2D eigenvalue weighted by molar-refractivity contribution is 7.90. The molecule has 19 heavy (non-hydrogen) atoms. The van der Waals surface area contributed by atoms with Crippen molar-refractivity contribution in [1.29, 1.82) is 0 Å². The number of hydrogen-bond acceptors (Lipinski definition) is 2. The summed E-state index contributed by atoms with van der Waals surface area (Å²) >= 11 is -1.02. The van der Waals surface area contributed by atoms with Crippen LogP contribution in [0.3, 0.4) is 0 Å². The molecule has 0 spiro atoms. The number of nitrogens with one attached hydrogen (secondary N) is 1. The molecule has 0 bridgehead atoms. The highest BCUT2D eigenvalue weighted by Gasteiger charge is 2.29. The Kier molecular flexibility index (Phi) is 4.59. The maximum absolute atomic E-state index is 12.2. The first-order valence-electron chi connectivity index (χ1n) is 7.19. The van der Waals surface area contributed by atoms with Gasteiger partial charge >= 0.3 is 0 Å². The highest BCUT2D eigenvalue weighted by atomic mass is 32.2. The van der Waals surface area contributed by atoms with Gasteiger partial charge in [0.15, 0.2) is 0 Å². The zero-order valence-corrected chi connectivity index (χ0v) is 13.2. The molecule has 0 radical (unpaired) electrons. The quantitative estimate of drug-likeness (QED) is 0.825. The Labute approximate surface area is 120 Å². The van der Waals surface area contributed by atoms with Gasteiger partial charge in [-0.1, -0.05) is 31.2 Å². The Balaban J connectivity index is 2.04. The molecule has 1 fully saturated rings. The second-order valence-electron chi connectivity index (χ2n) is 6.40.